The van der Waals surface area contributed by atoms with E-state index < -0.39 is 11.7 Å². The van der Waals surface area contributed by atoms with Crippen LogP contribution in [0.3, 0.4) is 0 Å². The van der Waals surface area contributed by atoms with Crippen LogP contribution in [0.2, 0.25) is 5.15 Å². The van der Waals surface area contributed by atoms with E-state index in [0.29, 0.717) is 6.54 Å². The topological polar surface area (TPSA) is 51.2 Å². The summed E-state index contributed by atoms with van der Waals surface area (Å²) in [5, 5.41) is 2.65. The van der Waals surface area contributed by atoms with E-state index in [4.69, 9.17) is 16.3 Å². The van der Waals surface area contributed by atoms with Crippen molar-refractivity contribution >= 4 is 17.5 Å². The first-order valence-electron chi connectivity index (χ1n) is 5.37. The molecule has 0 saturated carbocycles. The van der Waals surface area contributed by atoms with Gasteiger partial charge in [0.25, 0.3) is 5.91 Å². The van der Waals surface area contributed by atoms with Crippen LogP contribution in [0, 0.1) is 5.82 Å². The van der Waals surface area contributed by atoms with E-state index in [1.165, 1.54) is 0 Å². The molecule has 1 aromatic rings. The van der Waals surface area contributed by atoms with Crippen molar-refractivity contribution in [2.75, 3.05) is 13.2 Å². The number of aromatic nitrogens is 1. The van der Waals surface area contributed by atoms with Crippen LogP contribution < -0.4 is 5.32 Å². The molecule has 4 nitrogen and oxygen atoms in total. The first kappa shape index (κ1) is 12.3. The molecule has 1 amide bonds. The first-order chi connectivity index (χ1) is 8.16. The Labute approximate surface area is 103 Å². The van der Waals surface area contributed by atoms with E-state index in [-0.39, 0.29) is 16.8 Å². The number of pyridine rings is 1. The summed E-state index contributed by atoms with van der Waals surface area (Å²) in [5.74, 6) is -1.02. The van der Waals surface area contributed by atoms with Gasteiger partial charge >= 0.3 is 0 Å². The lowest BCUT2D eigenvalue weighted by atomic mass is 10.2. The van der Waals surface area contributed by atoms with Gasteiger partial charge in [0.1, 0.15) is 11.0 Å². The number of nitrogens with one attached hydrogen (secondary N) is 1. The van der Waals surface area contributed by atoms with Crippen LogP contribution in [0.25, 0.3) is 0 Å². The molecule has 0 radical (unpaired) electrons. The molecular weight excluding hydrogens is 247 g/mol. The number of halogens is 2. The molecule has 1 fully saturated rings. The van der Waals surface area contributed by atoms with Crippen molar-refractivity contribution in [3.63, 3.8) is 0 Å². The Hall–Kier alpha value is -1.20. The second-order valence-electron chi connectivity index (χ2n) is 3.84. The molecule has 0 bridgehead atoms. The lowest BCUT2D eigenvalue weighted by Crippen LogP contribution is -2.32. The number of amides is 1. The maximum absolute atomic E-state index is 12.9. The number of carbonyl (C=O) groups is 1. The highest BCUT2D eigenvalue weighted by Gasteiger charge is 2.18. The molecular formula is C11H12ClFN2O2. The van der Waals surface area contributed by atoms with E-state index in [9.17, 15) is 9.18 Å². The third-order valence-corrected chi connectivity index (χ3v) is 2.87. The van der Waals surface area contributed by atoms with Crippen LogP contribution in [0.5, 0.6) is 0 Å². The third kappa shape index (κ3) is 3.14. The molecule has 0 aliphatic carbocycles. The molecule has 1 saturated heterocycles. The summed E-state index contributed by atoms with van der Waals surface area (Å²) < 4.78 is 18.3. The number of ether oxygens (including phenoxy) is 1. The number of hydrogen-bond acceptors (Lipinski definition) is 3. The zero-order valence-electron chi connectivity index (χ0n) is 9.08. The van der Waals surface area contributed by atoms with Gasteiger partial charge in [-0.3, -0.25) is 4.79 Å². The van der Waals surface area contributed by atoms with Gasteiger partial charge in [0.05, 0.1) is 17.9 Å². The summed E-state index contributed by atoms with van der Waals surface area (Å²) in [4.78, 5) is 15.3. The van der Waals surface area contributed by atoms with Gasteiger partial charge in [-0.2, -0.15) is 0 Å². The molecule has 0 aromatic carbocycles. The number of rotatable bonds is 3. The van der Waals surface area contributed by atoms with Crippen LogP contribution in [0.1, 0.15) is 23.2 Å². The second-order valence-corrected chi connectivity index (χ2v) is 4.19. The average Bonchev–Trinajstić information content (AvgIpc) is 2.82. The molecule has 2 rings (SSSR count). The monoisotopic (exact) mass is 258 g/mol. The SMILES string of the molecule is O=C(NCC1CCCO1)c1cc(F)cnc1Cl. The zero-order valence-corrected chi connectivity index (χ0v) is 9.84. The third-order valence-electron chi connectivity index (χ3n) is 2.56. The molecule has 92 valence electrons. The fourth-order valence-corrected chi connectivity index (χ4v) is 1.88. The number of nitrogens with zero attached hydrogens (tertiary/aromatic N) is 1. The normalized spacial score (nSPS) is 19.3. The molecule has 17 heavy (non-hydrogen) atoms. The quantitative estimate of drug-likeness (QED) is 0.841. The standard InChI is InChI=1S/C11H12ClFN2O2/c12-10-9(4-7(13)5-14-10)11(16)15-6-8-2-1-3-17-8/h4-5,8H,1-3,6H2,(H,15,16). The predicted octanol–water partition coefficient (Wildman–Crippen LogP) is 1.78. The van der Waals surface area contributed by atoms with Crippen molar-refractivity contribution in [1.29, 1.82) is 0 Å². The van der Waals surface area contributed by atoms with Crippen molar-refractivity contribution in [3.8, 4) is 0 Å². The van der Waals surface area contributed by atoms with Crippen LogP contribution in [0.4, 0.5) is 4.39 Å². The van der Waals surface area contributed by atoms with Crippen LogP contribution in [-0.4, -0.2) is 30.1 Å². The molecule has 1 aromatic heterocycles. The van der Waals surface area contributed by atoms with Crippen molar-refractivity contribution in [2.24, 2.45) is 0 Å². The molecule has 0 spiro atoms. The van der Waals surface area contributed by atoms with Crippen LogP contribution in [-0.2, 0) is 4.74 Å². The van der Waals surface area contributed by atoms with Crippen LogP contribution >= 0.6 is 11.6 Å². The summed E-state index contributed by atoms with van der Waals surface area (Å²) in [5.41, 5.74) is 0.0460. The van der Waals surface area contributed by atoms with E-state index in [1.807, 2.05) is 0 Å². The fourth-order valence-electron chi connectivity index (χ4n) is 1.69. The minimum absolute atomic E-state index is 0.00348. The van der Waals surface area contributed by atoms with Gasteiger partial charge in [-0.1, -0.05) is 11.6 Å². The predicted molar refractivity (Wildman–Crippen MR) is 60.5 cm³/mol. The molecule has 1 N–H and O–H groups in total. The Bertz CT molecular complexity index is 422. The van der Waals surface area contributed by atoms with E-state index in [2.05, 4.69) is 10.3 Å². The Kier molecular flexibility index (Phi) is 3.91. The summed E-state index contributed by atoms with van der Waals surface area (Å²) in [6.07, 6.45) is 2.94. The van der Waals surface area contributed by atoms with Gasteiger partial charge in [-0.25, -0.2) is 9.37 Å². The molecule has 1 aliphatic heterocycles. The second kappa shape index (κ2) is 5.42. The summed E-state index contributed by atoms with van der Waals surface area (Å²) in [6, 6.07) is 1.07. The molecule has 1 unspecified atom stereocenters. The highest BCUT2D eigenvalue weighted by molar-refractivity contribution is 6.32. The summed E-state index contributed by atoms with van der Waals surface area (Å²) in [6.45, 7) is 1.13. The average molecular weight is 259 g/mol. The minimum atomic E-state index is -0.586. The van der Waals surface area contributed by atoms with Gasteiger partial charge in [0.2, 0.25) is 0 Å². The summed E-state index contributed by atoms with van der Waals surface area (Å²) >= 11 is 5.72. The molecule has 1 aliphatic rings. The Morgan fingerprint density at radius 3 is 3.24 bits per heavy atom. The smallest absolute Gasteiger partial charge is 0.254 e. The van der Waals surface area contributed by atoms with Crippen molar-refractivity contribution in [1.82, 2.24) is 10.3 Å². The molecule has 6 heteroatoms. The number of carbonyl (C=O) groups excluding carboxylic acids is 1. The summed E-state index contributed by atoms with van der Waals surface area (Å²) in [7, 11) is 0. The van der Waals surface area contributed by atoms with Gasteiger partial charge in [0, 0.05) is 13.2 Å². The van der Waals surface area contributed by atoms with Crippen molar-refractivity contribution < 1.29 is 13.9 Å². The molecule has 2 heterocycles. The Balaban J connectivity index is 1.96. The maximum Gasteiger partial charge on any atom is 0.254 e. The van der Waals surface area contributed by atoms with Gasteiger partial charge in [-0.15, -0.1) is 0 Å². The van der Waals surface area contributed by atoms with E-state index in [0.717, 1.165) is 31.7 Å². The van der Waals surface area contributed by atoms with E-state index >= 15 is 0 Å². The largest absolute Gasteiger partial charge is 0.376 e. The van der Waals surface area contributed by atoms with E-state index in [1.54, 1.807) is 0 Å². The maximum atomic E-state index is 12.9. The lowest BCUT2D eigenvalue weighted by molar-refractivity contribution is 0.0857. The van der Waals surface area contributed by atoms with Gasteiger partial charge in [0.15, 0.2) is 0 Å². The van der Waals surface area contributed by atoms with Crippen molar-refractivity contribution in [2.45, 2.75) is 18.9 Å². The highest BCUT2D eigenvalue weighted by Crippen LogP contribution is 2.14. The first-order valence-corrected chi connectivity index (χ1v) is 5.75. The Morgan fingerprint density at radius 1 is 1.71 bits per heavy atom. The minimum Gasteiger partial charge on any atom is -0.376 e. The molecule has 1 atom stereocenters. The number of hydrogen-bond donors (Lipinski definition) is 1. The van der Waals surface area contributed by atoms with Gasteiger partial charge < -0.3 is 10.1 Å². The zero-order chi connectivity index (χ0) is 12.3. The highest BCUT2D eigenvalue weighted by atomic mass is 35.5. The van der Waals surface area contributed by atoms with Crippen LogP contribution in [0.15, 0.2) is 12.3 Å². The van der Waals surface area contributed by atoms with Gasteiger partial charge in [-0.05, 0) is 18.9 Å². The van der Waals surface area contributed by atoms with Crippen molar-refractivity contribution in [3.05, 3.63) is 28.8 Å². The lowest BCUT2D eigenvalue weighted by Gasteiger charge is -2.11. The fraction of sp³-hybridized carbons (Fsp3) is 0.455. The Morgan fingerprint density at radius 2 is 2.53 bits per heavy atom.